The molecule has 0 saturated carbocycles. The summed E-state index contributed by atoms with van der Waals surface area (Å²) in [5.41, 5.74) is 1.80. The molecule has 1 aliphatic heterocycles. The highest BCUT2D eigenvalue weighted by molar-refractivity contribution is 7.89. The van der Waals surface area contributed by atoms with Crippen LogP contribution in [0.15, 0.2) is 53.4 Å². The van der Waals surface area contributed by atoms with E-state index in [4.69, 9.17) is 5.14 Å². The van der Waals surface area contributed by atoms with E-state index in [0.29, 0.717) is 19.6 Å². The number of hydrogen-bond donors (Lipinski definition) is 2. The number of sulfonamides is 1. The maximum absolute atomic E-state index is 12.3. The molecule has 2 aromatic carbocycles. The smallest absolute Gasteiger partial charge is 0.238 e. The summed E-state index contributed by atoms with van der Waals surface area (Å²) >= 11 is 1.63. The maximum Gasteiger partial charge on any atom is 0.238 e. The monoisotopic (exact) mass is 402 g/mol. The number of thiazole rings is 1. The van der Waals surface area contributed by atoms with Crippen LogP contribution in [0.1, 0.15) is 5.56 Å². The number of nitrogens with zero attached hydrogens (tertiary/aromatic N) is 2. The average molecular weight is 403 g/mol. The Hall–Kier alpha value is -2.49. The van der Waals surface area contributed by atoms with Crippen molar-refractivity contribution in [3.05, 3.63) is 54.1 Å². The van der Waals surface area contributed by atoms with E-state index in [9.17, 15) is 13.2 Å². The fourth-order valence-corrected chi connectivity index (χ4v) is 4.43. The molecule has 0 spiro atoms. The third kappa shape index (κ3) is 3.80. The first-order valence-corrected chi connectivity index (χ1v) is 10.8. The van der Waals surface area contributed by atoms with E-state index in [1.807, 2.05) is 24.3 Å². The molecule has 0 radical (unpaired) electrons. The Morgan fingerprint density at radius 1 is 1.19 bits per heavy atom. The summed E-state index contributed by atoms with van der Waals surface area (Å²) in [6.07, 6.45) is 0. The van der Waals surface area contributed by atoms with Gasteiger partial charge in [-0.25, -0.2) is 18.5 Å². The highest BCUT2D eigenvalue weighted by Gasteiger charge is 2.34. The van der Waals surface area contributed by atoms with Gasteiger partial charge in [-0.2, -0.15) is 0 Å². The van der Waals surface area contributed by atoms with Crippen LogP contribution in [-0.4, -0.2) is 32.4 Å². The van der Waals surface area contributed by atoms with E-state index in [1.54, 1.807) is 23.5 Å². The van der Waals surface area contributed by atoms with Gasteiger partial charge in [0.05, 0.1) is 21.0 Å². The number of carbonyl (C=O) groups excluding carboxylic acids is 1. The molecule has 2 heterocycles. The first-order chi connectivity index (χ1) is 12.9. The van der Waals surface area contributed by atoms with E-state index in [-0.39, 0.29) is 16.7 Å². The van der Waals surface area contributed by atoms with Crippen molar-refractivity contribution in [2.45, 2.75) is 11.4 Å². The van der Waals surface area contributed by atoms with Crippen molar-refractivity contribution in [2.24, 2.45) is 11.1 Å². The lowest BCUT2D eigenvalue weighted by atomic mass is 10.00. The molecule has 4 rings (SSSR count). The second-order valence-electron chi connectivity index (χ2n) is 6.47. The number of carbonyl (C=O) groups is 1. The summed E-state index contributed by atoms with van der Waals surface area (Å²) in [6, 6.07) is 14.2. The van der Waals surface area contributed by atoms with Gasteiger partial charge in [0.15, 0.2) is 5.13 Å². The van der Waals surface area contributed by atoms with Gasteiger partial charge in [-0.15, -0.1) is 0 Å². The van der Waals surface area contributed by atoms with Crippen molar-refractivity contribution in [1.29, 1.82) is 0 Å². The van der Waals surface area contributed by atoms with Gasteiger partial charge < -0.3 is 10.2 Å². The summed E-state index contributed by atoms with van der Waals surface area (Å²) < 4.78 is 23.6. The first kappa shape index (κ1) is 17.9. The number of anilines is 1. The van der Waals surface area contributed by atoms with Crippen LogP contribution < -0.4 is 15.4 Å². The number of para-hydroxylation sites is 1. The number of fused-ring (bicyclic) bond motifs is 1. The Kier molecular flexibility index (Phi) is 4.58. The maximum atomic E-state index is 12.3. The number of hydrogen-bond acceptors (Lipinski definition) is 6. The number of rotatable bonds is 5. The number of nitrogens with one attached hydrogen (secondary N) is 1. The Morgan fingerprint density at radius 2 is 1.89 bits per heavy atom. The zero-order chi connectivity index (χ0) is 19.0. The van der Waals surface area contributed by atoms with Crippen LogP contribution in [0.2, 0.25) is 0 Å². The van der Waals surface area contributed by atoms with Crippen LogP contribution in [0.25, 0.3) is 10.2 Å². The molecule has 0 unspecified atom stereocenters. The number of primary sulfonamides is 1. The summed E-state index contributed by atoms with van der Waals surface area (Å²) in [5, 5.41) is 8.91. The minimum Gasteiger partial charge on any atom is -0.352 e. The van der Waals surface area contributed by atoms with Gasteiger partial charge >= 0.3 is 0 Å². The van der Waals surface area contributed by atoms with Gasteiger partial charge in [0.2, 0.25) is 15.9 Å². The summed E-state index contributed by atoms with van der Waals surface area (Å²) in [4.78, 5) is 19.1. The van der Waals surface area contributed by atoms with Crippen molar-refractivity contribution in [2.75, 3.05) is 18.0 Å². The van der Waals surface area contributed by atoms with E-state index in [0.717, 1.165) is 20.9 Å². The SMILES string of the molecule is NS(=O)(=O)c1ccc(CNC(=O)C2CN(c3nc4ccccc4s3)C2)cc1. The fraction of sp³-hybridized carbons (Fsp3) is 0.222. The Morgan fingerprint density at radius 3 is 2.56 bits per heavy atom. The molecular weight excluding hydrogens is 384 g/mol. The predicted octanol–water partition coefficient (Wildman–Crippen LogP) is 1.70. The zero-order valence-electron chi connectivity index (χ0n) is 14.3. The van der Waals surface area contributed by atoms with Crippen LogP contribution in [0.3, 0.4) is 0 Å². The van der Waals surface area contributed by atoms with Crippen molar-refractivity contribution < 1.29 is 13.2 Å². The van der Waals surface area contributed by atoms with E-state index in [2.05, 4.69) is 15.2 Å². The number of aromatic nitrogens is 1. The van der Waals surface area contributed by atoms with Gasteiger partial charge in [0.1, 0.15) is 0 Å². The van der Waals surface area contributed by atoms with Crippen molar-refractivity contribution in [3.8, 4) is 0 Å². The topological polar surface area (TPSA) is 105 Å². The predicted molar refractivity (Wildman–Crippen MR) is 105 cm³/mol. The Bertz CT molecular complexity index is 1050. The van der Waals surface area contributed by atoms with E-state index in [1.165, 1.54) is 12.1 Å². The van der Waals surface area contributed by atoms with Gasteiger partial charge in [-0.1, -0.05) is 35.6 Å². The zero-order valence-corrected chi connectivity index (χ0v) is 16.0. The molecule has 7 nitrogen and oxygen atoms in total. The van der Waals surface area contributed by atoms with E-state index < -0.39 is 10.0 Å². The van der Waals surface area contributed by atoms with Crippen LogP contribution in [0, 0.1) is 5.92 Å². The largest absolute Gasteiger partial charge is 0.352 e. The lowest BCUT2D eigenvalue weighted by molar-refractivity contribution is -0.125. The lowest BCUT2D eigenvalue weighted by Crippen LogP contribution is -2.53. The highest BCUT2D eigenvalue weighted by atomic mass is 32.2. The summed E-state index contributed by atoms with van der Waals surface area (Å²) in [5.74, 6) is -0.0800. The van der Waals surface area contributed by atoms with Crippen molar-refractivity contribution >= 4 is 42.6 Å². The number of benzene rings is 2. The van der Waals surface area contributed by atoms with Gasteiger partial charge in [0.25, 0.3) is 0 Å². The molecule has 3 aromatic rings. The quantitative estimate of drug-likeness (QED) is 0.676. The standard InChI is InChI=1S/C18H18N4O3S2/c19-27(24,25)14-7-5-12(6-8-14)9-20-17(23)13-10-22(11-13)18-21-15-3-1-2-4-16(15)26-18/h1-8,13H,9-11H2,(H,20,23)(H2,19,24,25). The van der Waals surface area contributed by atoms with Gasteiger partial charge in [-0.3, -0.25) is 4.79 Å². The van der Waals surface area contributed by atoms with Gasteiger partial charge in [0, 0.05) is 19.6 Å². The molecule has 1 aliphatic rings. The minimum atomic E-state index is -3.70. The molecular formula is C18H18N4O3S2. The first-order valence-electron chi connectivity index (χ1n) is 8.40. The average Bonchev–Trinajstić information content (AvgIpc) is 3.01. The summed E-state index contributed by atoms with van der Waals surface area (Å²) in [6.45, 7) is 1.65. The van der Waals surface area contributed by atoms with Crippen LogP contribution in [-0.2, 0) is 21.4 Å². The van der Waals surface area contributed by atoms with Crippen molar-refractivity contribution in [3.63, 3.8) is 0 Å². The molecule has 1 aromatic heterocycles. The third-order valence-electron chi connectivity index (χ3n) is 4.52. The second-order valence-corrected chi connectivity index (χ2v) is 9.04. The van der Waals surface area contributed by atoms with Gasteiger partial charge in [-0.05, 0) is 29.8 Å². The molecule has 1 amide bonds. The van der Waals surface area contributed by atoms with Crippen LogP contribution >= 0.6 is 11.3 Å². The van der Waals surface area contributed by atoms with Crippen LogP contribution in [0.5, 0.6) is 0 Å². The highest BCUT2D eigenvalue weighted by Crippen LogP contribution is 2.32. The Balaban J connectivity index is 1.30. The fourth-order valence-electron chi connectivity index (χ4n) is 2.93. The Labute approximate surface area is 160 Å². The molecule has 9 heteroatoms. The molecule has 140 valence electrons. The number of amides is 1. The molecule has 0 atom stereocenters. The third-order valence-corrected chi connectivity index (χ3v) is 6.55. The molecule has 0 aliphatic carbocycles. The second kappa shape index (κ2) is 6.91. The van der Waals surface area contributed by atoms with E-state index >= 15 is 0 Å². The number of nitrogens with two attached hydrogens (primary N) is 1. The molecule has 1 saturated heterocycles. The minimum absolute atomic E-state index is 0.0112. The van der Waals surface area contributed by atoms with Crippen LogP contribution in [0.4, 0.5) is 5.13 Å². The lowest BCUT2D eigenvalue weighted by Gasteiger charge is -2.37. The normalized spacial score (nSPS) is 14.9. The summed E-state index contributed by atoms with van der Waals surface area (Å²) in [7, 11) is -3.70. The molecule has 0 bridgehead atoms. The van der Waals surface area contributed by atoms with Crippen molar-refractivity contribution in [1.82, 2.24) is 10.3 Å². The molecule has 3 N–H and O–H groups in total. The molecule has 27 heavy (non-hydrogen) atoms. The molecule has 1 fully saturated rings.